The highest BCUT2D eigenvalue weighted by atomic mass is 16.6. The van der Waals surface area contributed by atoms with Crippen molar-refractivity contribution in [2.24, 2.45) is 0 Å². The Bertz CT molecular complexity index is 538. The topological polar surface area (TPSA) is 88.5 Å². The number of ether oxygens (including phenoxy) is 1. The molecule has 0 saturated carbocycles. The molecular formula is C16H27N5O3. The number of imidazole rings is 1. The normalized spacial score (nSPS) is 15.2. The standard InChI is InChI=1S/C16H27N5O3/c1-3-24-16(23)21-10-5-14(6-11-21)19-15(22)18-7-4-9-20-12-8-17-13(20)2/h8,12,14H,3-7,9-11H2,1-2H3,(H2,18,19,22). The minimum Gasteiger partial charge on any atom is -0.450 e. The van der Waals surface area contributed by atoms with E-state index in [1.807, 2.05) is 13.1 Å². The van der Waals surface area contributed by atoms with Crippen molar-refractivity contribution < 1.29 is 14.3 Å². The fourth-order valence-corrected chi connectivity index (χ4v) is 2.75. The average molecular weight is 337 g/mol. The molecule has 24 heavy (non-hydrogen) atoms. The summed E-state index contributed by atoms with van der Waals surface area (Å²) in [5, 5.41) is 5.84. The quantitative estimate of drug-likeness (QED) is 0.770. The van der Waals surface area contributed by atoms with Gasteiger partial charge >= 0.3 is 12.1 Å². The van der Waals surface area contributed by atoms with Gasteiger partial charge in [0.05, 0.1) is 6.61 Å². The molecule has 0 aromatic carbocycles. The first-order valence-electron chi connectivity index (χ1n) is 8.54. The van der Waals surface area contributed by atoms with E-state index in [0.29, 0.717) is 26.2 Å². The van der Waals surface area contributed by atoms with E-state index in [2.05, 4.69) is 20.2 Å². The van der Waals surface area contributed by atoms with Crippen molar-refractivity contribution in [3.8, 4) is 0 Å². The lowest BCUT2D eigenvalue weighted by molar-refractivity contribution is 0.0957. The fraction of sp³-hybridized carbons (Fsp3) is 0.688. The molecule has 0 atom stereocenters. The molecule has 3 amide bonds. The summed E-state index contributed by atoms with van der Waals surface area (Å²) in [6, 6.07) is -0.0430. The van der Waals surface area contributed by atoms with E-state index < -0.39 is 0 Å². The molecule has 1 aliphatic rings. The van der Waals surface area contributed by atoms with Crippen LogP contribution in [0.4, 0.5) is 9.59 Å². The molecule has 134 valence electrons. The summed E-state index contributed by atoms with van der Waals surface area (Å²) in [6.45, 7) is 6.83. The number of urea groups is 1. The minimum absolute atomic E-state index is 0.103. The maximum absolute atomic E-state index is 11.9. The number of likely N-dealkylation sites (tertiary alicyclic amines) is 1. The van der Waals surface area contributed by atoms with Gasteiger partial charge in [-0.2, -0.15) is 0 Å². The van der Waals surface area contributed by atoms with Gasteiger partial charge in [-0.3, -0.25) is 0 Å². The van der Waals surface area contributed by atoms with Crippen LogP contribution < -0.4 is 10.6 Å². The third-order valence-electron chi connectivity index (χ3n) is 4.14. The average Bonchev–Trinajstić information content (AvgIpc) is 2.97. The second-order valence-electron chi connectivity index (χ2n) is 5.88. The highest BCUT2D eigenvalue weighted by Crippen LogP contribution is 2.11. The van der Waals surface area contributed by atoms with E-state index in [4.69, 9.17) is 4.74 Å². The minimum atomic E-state index is -0.268. The van der Waals surface area contributed by atoms with E-state index in [0.717, 1.165) is 31.6 Å². The summed E-state index contributed by atoms with van der Waals surface area (Å²) < 4.78 is 7.04. The van der Waals surface area contributed by atoms with E-state index in [1.165, 1.54) is 0 Å². The second kappa shape index (κ2) is 9.14. The Labute approximate surface area is 142 Å². The first kappa shape index (κ1) is 18.1. The van der Waals surface area contributed by atoms with Crippen molar-refractivity contribution in [1.29, 1.82) is 0 Å². The number of carbonyl (C=O) groups excluding carboxylic acids is 2. The molecule has 8 nitrogen and oxygen atoms in total. The molecule has 1 fully saturated rings. The predicted octanol–water partition coefficient (Wildman–Crippen LogP) is 1.50. The van der Waals surface area contributed by atoms with Crippen molar-refractivity contribution in [3.05, 3.63) is 18.2 Å². The number of aryl methyl sites for hydroxylation is 2. The Balaban J connectivity index is 1.58. The largest absolute Gasteiger partial charge is 0.450 e. The third-order valence-corrected chi connectivity index (χ3v) is 4.14. The molecule has 0 radical (unpaired) electrons. The highest BCUT2D eigenvalue weighted by molar-refractivity contribution is 5.74. The number of piperidine rings is 1. The summed E-state index contributed by atoms with van der Waals surface area (Å²) in [6.07, 6.45) is 5.80. The smallest absolute Gasteiger partial charge is 0.409 e. The van der Waals surface area contributed by atoms with Crippen LogP contribution in [0.3, 0.4) is 0 Å². The number of nitrogens with one attached hydrogen (secondary N) is 2. The van der Waals surface area contributed by atoms with Gasteiger partial charge in [-0.15, -0.1) is 0 Å². The molecular weight excluding hydrogens is 310 g/mol. The van der Waals surface area contributed by atoms with Gasteiger partial charge in [-0.05, 0) is 33.1 Å². The molecule has 0 aliphatic carbocycles. The van der Waals surface area contributed by atoms with Crippen LogP contribution in [0.25, 0.3) is 0 Å². The molecule has 2 rings (SSSR count). The highest BCUT2D eigenvalue weighted by Gasteiger charge is 2.24. The lowest BCUT2D eigenvalue weighted by Crippen LogP contribution is -2.49. The van der Waals surface area contributed by atoms with Crippen molar-refractivity contribution in [2.45, 2.75) is 45.7 Å². The maximum atomic E-state index is 11.9. The van der Waals surface area contributed by atoms with Crippen LogP contribution in [0.15, 0.2) is 12.4 Å². The van der Waals surface area contributed by atoms with Crippen LogP contribution >= 0.6 is 0 Å². The Morgan fingerprint density at radius 3 is 2.75 bits per heavy atom. The van der Waals surface area contributed by atoms with Gasteiger partial charge < -0.3 is 24.8 Å². The van der Waals surface area contributed by atoms with Crippen LogP contribution in [-0.2, 0) is 11.3 Å². The second-order valence-corrected chi connectivity index (χ2v) is 5.88. The fourth-order valence-electron chi connectivity index (χ4n) is 2.75. The van der Waals surface area contributed by atoms with Gasteiger partial charge in [0.1, 0.15) is 5.82 Å². The zero-order chi connectivity index (χ0) is 17.4. The number of hydrogen-bond donors (Lipinski definition) is 2. The van der Waals surface area contributed by atoms with Crippen LogP contribution in [0, 0.1) is 6.92 Å². The SMILES string of the molecule is CCOC(=O)N1CCC(NC(=O)NCCCn2ccnc2C)CC1. The Hall–Kier alpha value is -2.25. The molecule has 1 aliphatic heterocycles. The zero-order valence-corrected chi connectivity index (χ0v) is 14.5. The van der Waals surface area contributed by atoms with Crippen molar-refractivity contribution in [2.75, 3.05) is 26.2 Å². The summed E-state index contributed by atoms with van der Waals surface area (Å²) in [7, 11) is 0. The van der Waals surface area contributed by atoms with Gasteiger partial charge in [0.2, 0.25) is 0 Å². The number of rotatable bonds is 6. The summed E-state index contributed by atoms with van der Waals surface area (Å²) in [5.74, 6) is 0.979. The predicted molar refractivity (Wildman–Crippen MR) is 89.7 cm³/mol. The molecule has 8 heteroatoms. The number of hydrogen-bond acceptors (Lipinski definition) is 4. The van der Waals surface area contributed by atoms with Gasteiger partial charge in [0.15, 0.2) is 0 Å². The van der Waals surface area contributed by atoms with Crippen molar-refractivity contribution in [1.82, 2.24) is 25.1 Å². The zero-order valence-electron chi connectivity index (χ0n) is 14.5. The lowest BCUT2D eigenvalue weighted by atomic mass is 10.1. The molecule has 1 aromatic heterocycles. The molecule has 2 N–H and O–H groups in total. The summed E-state index contributed by atoms with van der Waals surface area (Å²) in [4.78, 5) is 29.4. The van der Waals surface area contributed by atoms with Gasteiger partial charge in [0, 0.05) is 44.6 Å². The molecule has 1 aromatic rings. The Morgan fingerprint density at radius 1 is 1.38 bits per heavy atom. The number of nitrogens with zero attached hydrogens (tertiary/aromatic N) is 3. The number of amides is 3. The van der Waals surface area contributed by atoms with Gasteiger partial charge in [-0.25, -0.2) is 14.6 Å². The monoisotopic (exact) mass is 337 g/mol. The lowest BCUT2D eigenvalue weighted by Gasteiger charge is -2.31. The number of aromatic nitrogens is 2. The van der Waals surface area contributed by atoms with Crippen LogP contribution in [-0.4, -0.2) is 58.9 Å². The maximum Gasteiger partial charge on any atom is 0.409 e. The molecule has 2 heterocycles. The van der Waals surface area contributed by atoms with E-state index in [9.17, 15) is 9.59 Å². The van der Waals surface area contributed by atoms with Crippen molar-refractivity contribution in [3.63, 3.8) is 0 Å². The van der Waals surface area contributed by atoms with Crippen LogP contribution in [0.1, 0.15) is 32.0 Å². The molecule has 0 unspecified atom stereocenters. The Kier molecular flexibility index (Phi) is 6.89. The molecule has 0 bridgehead atoms. The number of carbonyl (C=O) groups is 2. The van der Waals surface area contributed by atoms with E-state index >= 15 is 0 Å². The summed E-state index contributed by atoms with van der Waals surface area (Å²) >= 11 is 0. The van der Waals surface area contributed by atoms with E-state index in [-0.39, 0.29) is 18.2 Å². The first-order valence-corrected chi connectivity index (χ1v) is 8.54. The summed E-state index contributed by atoms with van der Waals surface area (Å²) in [5.41, 5.74) is 0. The molecule has 1 saturated heterocycles. The van der Waals surface area contributed by atoms with Crippen molar-refractivity contribution >= 4 is 12.1 Å². The molecule has 0 spiro atoms. The van der Waals surface area contributed by atoms with Gasteiger partial charge in [-0.1, -0.05) is 0 Å². The van der Waals surface area contributed by atoms with Crippen LogP contribution in [0.5, 0.6) is 0 Å². The van der Waals surface area contributed by atoms with E-state index in [1.54, 1.807) is 18.0 Å². The van der Waals surface area contributed by atoms with Gasteiger partial charge in [0.25, 0.3) is 0 Å². The van der Waals surface area contributed by atoms with Crippen LogP contribution in [0.2, 0.25) is 0 Å². The first-order chi connectivity index (χ1) is 11.6. The third kappa shape index (κ3) is 5.43. The Morgan fingerprint density at radius 2 is 2.12 bits per heavy atom.